The van der Waals surface area contributed by atoms with Gasteiger partial charge in [-0.05, 0) is 51.4 Å². The number of nitrogens with zero attached hydrogens (tertiary/aromatic N) is 1. The quantitative estimate of drug-likeness (QED) is 0.832. The van der Waals surface area contributed by atoms with Crippen molar-refractivity contribution in [2.75, 3.05) is 26.0 Å². The molecule has 1 aliphatic carbocycles. The maximum absolute atomic E-state index is 7.92. The lowest BCUT2D eigenvalue weighted by Crippen LogP contribution is -2.43. The second kappa shape index (κ2) is 5.45. The van der Waals surface area contributed by atoms with Gasteiger partial charge in [-0.3, -0.25) is 0 Å². The molecule has 1 heterocycles. The summed E-state index contributed by atoms with van der Waals surface area (Å²) in [6, 6.07) is 7.43. The number of hydrogen-bond donors (Lipinski definition) is 2. The van der Waals surface area contributed by atoms with Crippen LogP contribution in [0.25, 0.3) is 0 Å². The number of rotatable bonds is 3. The summed E-state index contributed by atoms with van der Waals surface area (Å²) in [4.78, 5) is 2.56. The van der Waals surface area contributed by atoms with E-state index in [4.69, 9.17) is 5.41 Å². The number of anilines is 1. The molecule has 2 atom stereocenters. The maximum atomic E-state index is 7.92. The molecule has 0 amide bonds. The summed E-state index contributed by atoms with van der Waals surface area (Å²) >= 11 is 0. The van der Waals surface area contributed by atoms with Crippen molar-refractivity contribution in [2.45, 2.75) is 50.5 Å². The van der Waals surface area contributed by atoms with Gasteiger partial charge in [0.05, 0.1) is 0 Å². The summed E-state index contributed by atoms with van der Waals surface area (Å²) in [6.45, 7) is 3.08. The van der Waals surface area contributed by atoms with Crippen LogP contribution in [0, 0.1) is 5.41 Å². The van der Waals surface area contributed by atoms with E-state index in [9.17, 15) is 0 Å². The van der Waals surface area contributed by atoms with Crippen molar-refractivity contribution in [1.29, 1.82) is 5.41 Å². The zero-order valence-electron chi connectivity index (χ0n) is 13.5. The van der Waals surface area contributed by atoms with Crippen LogP contribution < -0.4 is 5.32 Å². The van der Waals surface area contributed by atoms with E-state index in [0.29, 0.717) is 17.2 Å². The minimum atomic E-state index is 0.340. The van der Waals surface area contributed by atoms with Gasteiger partial charge in [0, 0.05) is 35.5 Å². The van der Waals surface area contributed by atoms with Gasteiger partial charge in [0.25, 0.3) is 0 Å². The van der Waals surface area contributed by atoms with Gasteiger partial charge in [-0.1, -0.05) is 25.0 Å². The number of nitrogens with one attached hydrogen (secondary N) is 2. The van der Waals surface area contributed by atoms with E-state index < -0.39 is 0 Å². The highest BCUT2D eigenvalue weighted by Crippen LogP contribution is 2.48. The molecule has 1 saturated heterocycles. The van der Waals surface area contributed by atoms with Crippen molar-refractivity contribution < 1.29 is 0 Å². The Hall–Kier alpha value is -1.35. The Bertz CT molecular complexity index is 547. The van der Waals surface area contributed by atoms with Gasteiger partial charge in [0.1, 0.15) is 0 Å². The Morgan fingerprint density at radius 3 is 2.86 bits per heavy atom. The third-order valence-corrected chi connectivity index (χ3v) is 5.70. The van der Waals surface area contributed by atoms with Crippen LogP contribution in [0.4, 0.5) is 5.69 Å². The Morgan fingerprint density at radius 2 is 2.14 bits per heavy atom. The van der Waals surface area contributed by atoms with Gasteiger partial charge in [-0.2, -0.15) is 0 Å². The topological polar surface area (TPSA) is 39.1 Å². The average Bonchev–Trinajstić information content (AvgIpc) is 2.85. The molecule has 0 spiro atoms. The number of likely N-dealkylation sites (N-methyl/N-ethyl adjacent to an activating group) is 1. The molecule has 3 nitrogen and oxygen atoms in total. The van der Waals surface area contributed by atoms with E-state index in [1.165, 1.54) is 44.2 Å². The van der Waals surface area contributed by atoms with Crippen LogP contribution >= 0.6 is 0 Å². The van der Waals surface area contributed by atoms with Crippen LogP contribution in [0.2, 0.25) is 0 Å². The molecular weight excluding hydrogens is 258 g/mol. The van der Waals surface area contributed by atoms with E-state index in [0.717, 1.165) is 11.3 Å². The lowest BCUT2D eigenvalue weighted by atomic mass is 9.66. The summed E-state index contributed by atoms with van der Waals surface area (Å²) in [5.41, 5.74) is 4.58. The van der Waals surface area contributed by atoms with Gasteiger partial charge in [-0.15, -0.1) is 0 Å². The monoisotopic (exact) mass is 285 g/mol. The van der Waals surface area contributed by atoms with E-state index in [1.54, 1.807) is 0 Å². The minimum Gasteiger partial charge on any atom is -0.388 e. The van der Waals surface area contributed by atoms with Crippen molar-refractivity contribution in [2.24, 2.45) is 0 Å². The molecule has 1 aromatic rings. The fourth-order valence-corrected chi connectivity index (χ4v) is 4.56. The molecule has 0 radical (unpaired) electrons. The van der Waals surface area contributed by atoms with Gasteiger partial charge in [0.2, 0.25) is 0 Å². The minimum absolute atomic E-state index is 0.340. The summed E-state index contributed by atoms with van der Waals surface area (Å²) in [5.74, 6) is 0. The Kier molecular flexibility index (Phi) is 3.78. The van der Waals surface area contributed by atoms with Crippen molar-refractivity contribution in [1.82, 2.24) is 4.90 Å². The Labute approximate surface area is 128 Å². The molecule has 2 N–H and O–H groups in total. The van der Waals surface area contributed by atoms with Crippen molar-refractivity contribution in [3.63, 3.8) is 0 Å². The van der Waals surface area contributed by atoms with E-state index >= 15 is 0 Å². The zero-order chi connectivity index (χ0) is 15.0. The fraction of sp³-hybridized carbons (Fsp3) is 0.611. The molecular formula is C18H27N3. The molecule has 1 aromatic carbocycles. The number of hydrogen-bond acceptors (Lipinski definition) is 3. The molecule has 114 valence electrons. The predicted octanol–water partition coefficient (Wildman–Crippen LogP) is 3.63. The highest BCUT2D eigenvalue weighted by atomic mass is 15.2. The molecule has 21 heavy (non-hydrogen) atoms. The molecule has 1 aliphatic heterocycles. The third-order valence-electron chi connectivity index (χ3n) is 5.70. The third kappa shape index (κ3) is 2.28. The van der Waals surface area contributed by atoms with Crippen LogP contribution in [0.15, 0.2) is 18.2 Å². The lowest BCUT2D eigenvalue weighted by molar-refractivity contribution is 0.182. The van der Waals surface area contributed by atoms with Gasteiger partial charge in [0.15, 0.2) is 0 Å². The standard InChI is InChI=1S/C18H27N3/c1-13(19)15-8-7-14(12-16(15)20-2)18-9-5-4-6-17(18)21(3)11-10-18/h7-8,12,17,19-20H,4-6,9-11H2,1-3H3/t17-,18-/m1/s1. The molecule has 3 rings (SSSR count). The summed E-state index contributed by atoms with van der Waals surface area (Å²) in [6.07, 6.45) is 6.64. The normalized spacial score (nSPS) is 29.2. The average molecular weight is 285 g/mol. The molecule has 2 fully saturated rings. The second-order valence-electron chi connectivity index (χ2n) is 6.78. The van der Waals surface area contributed by atoms with Crippen LogP contribution in [-0.4, -0.2) is 37.3 Å². The van der Waals surface area contributed by atoms with Crippen LogP contribution in [0.3, 0.4) is 0 Å². The van der Waals surface area contributed by atoms with E-state index in [2.05, 4.69) is 35.5 Å². The predicted molar refractivity (Wildman–Crippen MR) is 89.7 cm³/mol. The molecule has 1 saturated carbocycles. The summed E-state index contributed by atoms with van der Waals surface area (Å²) in [7, 11) is 4.25. The SMILES string of the molecule is CNc1cc([C@]23CCCC[C@H]2N(C)CC3)ccc1C(C)=N. The largest absolute Gasteiger partial charge is 0.388 e. The molecule has 0 bridgehead atoms. The van der Waals surface area contributed by atoms with Gasteiger partial charge < -0.3 is 15.6 Å². The van der Waals surface area contributed by atoms with Crippen LogP contribution in [0.5, 0.6) is 0 Å². The summed E-state index contributed by atoms with van der Waals surface area (Å²) < 4.78 is 0. The van der Waals surface area contributed by atoms with Crippen LogP contribution in [0.1, 0.15) is 50.2 Å². The smallest absolute Gasteiger partial charge is 0.0432 e. The number of likely N-dealkylation sites (tertiary alicyclic amines) is 1. The highest BCUT2D eigenvalue weighted by Gasteiger charge is 2.48. The van der Waals surface area contributed by atoms with E-state index in [-0.39, 0.29) is 0 Å². The fourth-order valence-electron chi connectivity index (χ4n) is 4.56. The van der Waals surface area contributed by atoms with Crippen molar-refractivity contribution >= 4 is 11.4 Å². The first-order valence-corrected chi connectivity index (χ1v) is 8.16. The first-order chi connectivity index (χ1) is 10.1. The van der Waals surface area contributed by atoms with Gasteiger partial charge >= 0.3 is 0 Å². The highest BCUT2D eigenvalue weighted by molar-refractivity contribution is 6.01. The summed E-state index contributed by atoms with van der Waals surface area (Å²) in [5, 5.41) is 11.2. The van der Waals surface area contributed by atoms with Crippen molar-refractivity contribution in [3.05, 3.63) is 29.3 Å². The second-order valence-corrected chi connectivity index (χ2v) is 6.78. The van der Waals surface area contributed by atoms with Gasteiger partial charge in [-0.25, -0.2) is 0 Å². The molecule has 0 unspecified atom stereocenters. The van der Waals surface area contributed by atoms with Crippen molar-refractivity contribution in [3.8, 4) is 0 Å². The number of fused-ring (bicyclic) bond motifs is 1. The van der Waals surface area contributed by atoms with Crippen LogP contribution in [-0.2, 0) is 5.41 Å². The molecule has 0 aromatic heterocycles. The van der Waals surface area contributed by atoms with E-state index in [1.807, 2.05) is 14.0 Å². The Balaban J connectivity index is 2.04. The first kappa shape index (κ1) is 14.6. The Morgan fingerprint density at radius 1 is 1.33 bits per heavy atom. The first-order valence-electron chi connectivity index (χ1n) is 8.16. The zero-order valence-corrected chi connectivity index (χ0v) is 13.5. The molecule has 3 heteroatoms. The maximum Gasteiger partial charge on any atom is 0.0432 e. The molecule has 2 aliphatic rings. The lowest BCUT2D eigenvalue weighted by Gasteiger charge is -2.42. The number of benzene rings is 1.